The predicted octanol–water partition coefficient (Wildman–Crippen LogP) is 0.835. The zero-order chi connectivity index (χ0) is 13.1. The third-order valence-electron chi connectivity index (χ3n) is 3.18. The Balaban J connectivity index is 2.24. The number of hydrogen-bond donors (Lipinski definition) is 2. The maximum Gasteiger partial charge on any atom is 0.142 e. The highest BCUT2D eigenvalue weighted by Crippen LogP contribution is 2.29. The van der Waals surface area contributed by atoms with Crippen LogP contribution < -0.4 is 5.32 Å². The summed E-state index contributed by atoms with van der Waals surface area (Å²) in [7, 11) is 1.74. The molecule has 0 saturated carbocycles. The normalized spacial score (nSPS) is 20.7. The van der Waals surface area contributed by atoms with Crippen LogP contribution in [0.25, 0.3) is 0 Å². The Morgan fingerprint density at radius 3 is 3.00 bits per heavy atom. The Labute approximate surface area is 108 Å². The maximum absolute atomic E-state index is 9.74. The minimum atomic E-state index is -0.561. The third-order valence-corrected chi connectivity index (χ3v) is 3.18. The van der Waals surface area contributed by atoms with Crippen molar-refractivity contribution in [2.75, 3.05) is 20.2 Å². The molecule has 2 rings (SSSR count). The summed E-state index contributed by atoms with van der Waals surface area (Å²) in [5, 5.41) is 12.6. The minimum Gasteiger partial charge on any atom is -0.488 e. The minimum absolute atomic E-state index is 0.398. The first-order valence-electron chi connectivity index (χ1n) is 6.32. The number of hydrogen-bond acceptors (Lipinski definition) is 5. The van der Waals surface area contributed by atoms with Crippen molar-refractivity contribution >= 4 is 6.21 Å². The standard InChI is InChI=1S/C13H21N3O2/c1-9(2)16-7-10(6-12(17)14-3)13-11(8-16)18-5-4-15-13/h4,7,9,12,14,17H,5-6,8H2,1-3H3. The highest BCUT2D eigenvalue weighted by Gasteiger charge is 2.25. The van der Waals surface area contributed by atoms with Gasteiger partial charge in [0, 0.05) is 30.5 Å². The molecular weight excluding hydrogens is 230 g/mol. The fraction of sp³-hybridized carbons (Fsp3) is 0.615. The Morgan fingerprint density at radius 1 is 1.56 bits per heavy atom. The summed E-state index contributed by atoms with van der Waals surface area (Å²) in [6.07, 6.45) is 3.81. The molecule has 0 aromatic rings. The molecule has 1 unspecified atom stereocenters. The lowest BCUT2D eigenvalue weighted by molar-refractivity contribution is 0.144. The Hall–Kier alpha value is -1.33. The number of aliphatic hydroxyl groups is 1. The average molecular weight is 251 g/mol. The smallest absolute Gasteiger partial charge is 0.142 e. The molecule has 0 saturated heterocycles. The topological polar surface area (TPSA) is 57.1 Å². The fourth-order valence-corrected chi connectivity index (χ4v) is 2.05. The van der Waals surface area contributed by atoms with Crippen LogP contribution in [-0.4, -0.2) is 48.7 Å². The van der Waals surface area contributed by atoms with Gasteiger partial charge in [-0.2, -0.15) is 0 Å². The summed E-state index contributed by atoms with van der Waals surface area (Å²) in [5.41, 5.74) is 1.90. The van der Waals surface area contributed by atoms with Crippen molar-refractivity contribution in [2.24, 2.45) is 4.99 Å². The van der Waals surface area contributed by atoms with E-state index in [4.69, 9.17) is 4.74 Å². The monoisotopic (exact) mass is 251 g/mol. The van der Waals surface area contributed by atoms with Gasteiger partial charge in [-0.25, -0.2) is 0 Å². The second kappa shape index (κ2) is 5.54. The van der Waals surface area contributed by atoms with Gasteiger partial charge in [0.2, 0.25) is 0 Å². The number of nitrogens with one attached hydrogen (secondary N) is 1. The van der Waals surface area contributed by atoms with E-state index in [1.54, 1.807) is 13.3 Å². The van der Waals surface area contributed by atoms with E-state index in [1.807, 2.05) is 0 Å². The molecule has 2 aliphatic heterocycles. The molecule has 0 aromatic carbocycles. The van der Waals surface area contributed by atoms with E-state index in [9.17, 15) is 5.11 Å². The largest absolute Gasteiger partial charge is 0.488 e. The van der Waals surface area contributed by atoms with Gasteiger partial charge in [0.1, 0.15) is 24.3 Å². The van der Waals surface area contributed by atoms with Crippen LogP contribution in [0, 0.1) is 0 Å². The van der Waals surface area contributed by atoms with Crippen LogP contribution in [0.15, 0.2) is 28.2 Å². The first-order valence-corrected chi connectivity index (χ1v) is 6.32. The Bertz CT molecular complexity index is 399. The molecular formula is C13H21N3O2. The van der Waals surface area contributed by atoms with Gasteiger partial charge in [-0.05, 0) is 20.9 Å². The zero-order valence-corrected chi connectivity index (χ0v) is 11.2. The zero-order valence-electron chi connectivity index (χ0n) is 11.2. The molecule has 0 spiro atoms. The van der Waals surface area contributed by atoms with Crippen LogP contribution in [0.3, 0.4) is 0 Å². The van der Waals surface area contributed by atoms with E-state index in [0.717, 1.165) is 23.6 Å². The van der Waals surface area contributed by atoms with E-state index in [1.165, 1.54) is 0 Å². The average Bonchev–Trinajstić information content (AvgIpc) is 2.38. The van der Waals surface area contributed by atoms with Crippen LogP contribution in [0.2, 0.25) is 0 Å². The summed E-state index contributed by atoms with van der Waals surface area (Å²) >= 11 is 0. The molecule has 0 amide bonds. The van der Waals surface area contributed by atoms with E-state index in [0.29, 0.717) is 19.1 Å². The van der Waals surface area contributed by atoms with Gasteiger partial charge >= 0.3 is 0 Å². The Kier molecular flexibility index (Phi) is 4.04. The van der Waals surface area contributed by atoms with Gasteiger partial charge in [0.05, 0.1) is 6.54 Å². The first kappa shape index (κ1) is 13.1. The molecule has 1 atom stereocenters. The van der Waals surface area contributed by atoms with Crippen LogP contribution in [0.1, 0.15) is 20.3 Å². The van der Waals surface area contributed by atoms with Gasteiger partial charge in [-0.3, -0.25) is 10.3 Å². The lowest BCUT2D eigenvalue weighted by atomic mass is 10.0. The van der Waals surface area contributed by atoms with Crippen LogP contribution >= 0.6 is 0 Å². The highest BCUT2D eigenvalue weighted by atomic mass is 16.5. The molecule has 18 heavy (non-hydrogen) atoms. The number of rotatable bonds is 4. The van der Waals surface area contributed by atoms with Gasteiger partial charge in [0.15, 0.2) is 0 Å². The van der Waals surface area contributed by atoms with Crippen molar-refractivity contribution in [3.8, 4) is 0 Å². The summed E-state index contributed by atoms with van der Waals surface area (Å²) in [6.45, 7) is 5.57. The SMILES string of the molecule is CNC(O)CC1=CN(C(C)C)CC2=C1N=CCO2. The van der Waals surface area contributed by atoms with Crippen LogP contribution in [-0.2, 0) is 4.74 Å². The molecule has 0 radical (unpaired) electrons. The predicted molar refractivity (Wildman–Crippen MR) is 71.1 cm³/mol. The van der Waals surface area contributed by atoms with E-state index < -0.39 is 6.23 Å². The van der Waals surface area contributed by atoms with E-state index in [-0.39, 0.29) is 0 Å². The van der Waals surface area contributed by atoms with Gasteiger partial charge in [0.25, 0.3) is 0 Å². The van der Waals surface area contributed by atoms with Crippen molar-refractivity contribution < 1.29 is 9.84 Å². The summed E-state index contributed by atoms with van der Waals surface area (Å²) in [4.78, 5) is 6.62. The fourth-order valence-electron chi connectivity index (χ4n) is 2.05. The molecule has 2 aliphatic rings. The van der Waals surface area contributed by atoms with Gasteiger partial charge in [-0.1, -0.05) is 0 Å². The van der Waals surface area contributed by atoms with Crippen molar-refractivity contribution in [3.63, 3.8) is 0 Å². The molecule has 0 fully saturated rings. The quantitative estimate of drug-likeness (QED) is 0.727. The lowest BCUT2D eigenvalue weighted by Gasteiger charge is -2.33. The molecule has 2 N–H and O–H groups in total. The van der Waals surface area contributed by atoms with E-state index in [2.05, 4.69) is 35.3 Å². The molecule has 0 aromatic heterocycles. The van der Waals surface area contributed by atoms with Gasteiger partial charge in [-0.15, -0.1) is 0 Å². The van der Waals surface area contributed by atoms with Gasteiger partial charge < -0.3 is 14.7 Å². The van der Waals surface area contributed by atoms with E-state index >= 15 is 0 Å². The number of nitrogens with zero attached hydrogens (tertiary/aromatic N) is 2. The second-order valence-corrected chi connectivity index (χ2v) is 4.82. The number of aliphatic imine (C=N–C) groups is 1. The molecule has 100 valence electrons. The first-order chi connectivity index (χ1) is 8.61. The number of aliphatic hydroxyl groups excluding tert-OH is 1. The molecule has 0 aliphatic carbocycles. The number of ether oxygens (including phenoxy) is 1. The third kappa shape index (κ3) is 2.73. The molecule has 0 bridgehead atoms. The van der Waals surface area contributed by atoms with Crippen molar-refractivity contribution in [1.29, 1.82) is 0 Å². The highest BCUT2D eigenvalue weighted by molar-refractivity contribution is 5.64. The van der Waals surface area contributed by atoms with Crippen molar-refractivity contribution in [3.05, 3.63) is 23.2 Å². The summed E-state index contributed by atoms with van der Waals surface area (Å²) in [5.74, 6) is 0.909. The summed E-state index contributed by atoms with van der Waals surface area (Å²) in [6, 6.07) is 0.398. The maximum atomic E-state index is 9.74. The lowest BCUT2D eigenvalue weighted by Crippen LogP contribution is -2.34. The Morgan fingerprint density at radius 2 is 2.33 bits per heavy atom. The second-order valence-electron chi connectivity index (χ2n) is 4.82. The summed E-state index contributed by atoms with van der Waals surface area (Å²) < 4.78 is 5.65. The molecule has 5 heteroatoms. The number of allylic oxidation sites excluding steroid dienone is 1. The van der Waals surface area contributed by atoms with Crippen LogP contribution in [0.5, 0.6) is 0 Å². The van der Waals surface area contributed by atoms with Crippen LogP contribution in [0.4, 0.5) is 0 Å². The van der Waals surface area contributed by atoms with Crippen molar-refractivity contribution in [1.82, 2.24) is 10.2 Å². The van der Waals surface area contributed by atoms with Crippen molar-refractivity contribution in [2.45, 2.75) is 32.5 Å². The molecule has 5 nitrogen and oxygen atoms in total. The molecule has 2 heterocycles.